The van der Waals surface area contributed by atoms with Crippen LogP contribution in [0.4, 0.5) is 0 Å². The van der Waals surface area contributed by atoms with Crippen LogP contribution in [-0.2, 0) is 21.0 Å². The van der Waals surface area contributed by atoms with Crippen molar-refractivity contribution in [3.05, 3.63) is 48.0 Å². The smallest absolute Gasteiger partial charge is 0.328 e. The number of hydrogen-bond donors (Lipinski definition) is 2. The Balaban J connectivity index is 0.000000362. The number of carbonyl (C=O) groups is 2. The molecule has 0 heterocycles. The van der Waals surface area contributed by atoms with Crippen molar-refractivity contribution in [2.24, 2.45) is 5.16 Å². The Morgan fingerprint density at radius 1 is 1.16 bits per heavy atom. The number of benzene rings is 1. The van der Waals surface area contributed by atoms with Gasteiger partial charge in [0.05, 0.1) is 0 Å². The van der Waals surface area contributed by atoms with E-state index in [2.05, 4.69) is 5.16 Å². The van der Waals surface area contributed by atoms with Crippen molar-refractivity contribution in [2.75, 3.05) is 0 Å². The molecule has 19 heavy (non-hydrogen) atoms. The number of hydrogen-bond acceptors (Lipinski definition) is 4. The van der Waals surface area contributed by atoms with Crippen LogP contribution in [0.1, 0.15) is 12.5 Å². The van der Waals surface area contributed by atoms with Gasteiger partial charge in [0, 0.05) is 18.4 Å². The second-order valence-electron chi connectivity index (χ2n) is 3.13. The minimum Gasteiger partial charge on any atom is -0.478 e. The Morgan fingerprint density at radius 3 is 2.11 bits per heavy atom. The van der Waals surface area contributed by atoms with Crippen LogP contribution in [0.3, 0.4) is 0 Å². The summed E-state index contributed by atoms with van der Waals surface area (Å²) in [5, 5.41) is 19.3. The Labute approximate surface area is 110 Å². The predicted molar refractivity (Wildman–Crippen MR) is 69.8 cm³/mol. The van der Waals surface area contributed by atoms with Gasteiger partial charge in [0.1, 0.15) is 6.61 Å². The third-order valence-corrected chi connectivity index (χ3v) is 1.62. The molecule has 0 aliphatic carbocycles. The Morgan fingerprint density at radius 2 is 1.68 bits per heavy atom. The van der Waals surface area contributed by atoms with Crippen molar-refractivity contribution in [1.29, 1.82) is 0 Å². The van der Waals surface area contributed by atoms with Gasteiger partial charge in [-0.25, -0.2) is 9.59 Å². The fraction of sp³-hybridized carbons (Fsp3) is 0.154. The second-order valence-corrected chi connectivity index (χ2v) is 3.13. The molecule has 0 radical (unpaired) electrons. The van der Waals surface area contributed by atoms with Gasteiger partial charge in [-0.15, -0.1) is 0 Å². The lowest BCUT2D eigenvalue weighted by Crippen LogP contribution is -1.91. The third kappa shape index (κ3) is 11.6. The first-order chi connectivity index (χ1) is 9.06. The van der Waals surface area contributed by atoms with E-state index in [1.165, 1.54) is 0 Å². The Bertz CT molecular complexity index is 424. The summed E-state index contributed by atoms with van der Waals surface area (Å²) < 4.78 is 0. The van der Waals surface area contributed by atoms with Crippen molar-refractivity contribution in [3.63, 3.8) is 0 Å². The maximum Gasteiger partial charge on any atom is 0.328 e. The molecule has 1 aromatic rings. The van der Waals surface area contributed by atoms with Crippen LogP contribution in [0.25, 0.3) is 0 Å². The molecule has 2 N–H and O–H groups in total. The summed E-state index contributed by atoms with van der Waals surface area (Å²) >= 11 is 0. The first-order valence-corrected chi connectivity index (χ1v) is 5.34. The van der Waals surface area contributed by atoms with Crippen molar-refractivity contribution >= 4 is 18.2 Å². The maximum atomic E-state index is 9.55. The largest absolute Gasteiger partial charge is 0.478 e. The molecule has 0 bridgehead atoms. The summed E-state index contributed by atoms with van der Waals surface area (Å²) in [7, 11) is 0. The normalized spacial score (nSPS) is 9.95. The summed E-state index contributed by atoms with van der Waals surface area (Å²) in [5.74, 6) is -2.51. The van der Waals surface area contributed by atoms with Gasteiger partial charge in [-0.3, -0.25) is 0 Å². The van der Waals surface area contributed by atoms with Gasteiger partial charge >= 0.3 is 11.9 Å². The molecule has 0 atom stereocenters. The lowest BCUT2D eigenvalue weighted by molar-refractivity contribution is -0.134. The molecule has 0 saturated heterocycles. The van der Waals surface area contributed by atoms with E-state index in [1.54, 1.807) is 6.21 Å². The summed E-state index contributed by atoms with van der Waals surface area (Å²) in [6.45, 7) is 2.37. The first-order valence-electron chi connectivity index (χ1n) is 5.34. The predicted octanol–water partition coefficient (Wildman–Crippen LogP) is 1.92. The Hall–Kier alpha value is -2.63. The number of nitrogens with zero attached hydrogens (tertiary/aromatic N) is 1. The monoisotopic (exact) mass is 265 g/mol. The second kappa shape index (κ2) is 10.5. The molecule has 0 spiro atoms. The quantitative estimate of drug-likeness (QED) is 0.481. The molecule has 0 saturated carbocycles. The number of carboxylic acids is 2. The highest BCUT2D eigenvalue weighted by molar-refractivity contribution is 5.89. The lowest BCUT2D eigenvalue weighted by atomic mass is 10.2. The van der Waals surface area contributed by atoms with Gasteiger partial charge in [0.15, 0.2) is 0 Å². The van der Waals surface area contributed by atoms with E-state index < -0.39 is 11.9 Å². The molecule has 0 aliphatic rings. The maximum absolute atomic E-state index is 9.55. The molecule has 6 heteroatoms. The zero-order valence-electron chi connectivity index (χ0n) is 10.4. The summed E-state index contributed by atoms with van der Waals surface area (Å²) in [5.41, 5.74) is 1.14. The van der Waals surface area contributed by atoms with Crippen LogP contribution in [0.5, 0.6) is 0 Å². The van der Waals surface area contributed by atoms with Crippen molar-refractivity contribution < 1.29 is 24.6 Å². The van der Waals surface area contributed by atoms with E-state index in [9.17, 15) is 9.59 Å². The summed E-state index contributed by atoms with van der Waals surface area (Å²) in [6, 6.07) is 9.95. The molecule has 6 nitrogen and oxygen atoms in total. The fourth-order valence-corrected chi connectivity index (χ4v) is 0.903. The fourth-order valence-electron chi connectivity index (χ4n) is 0.903. The topological polar surface area (TPSA) is 96.2 Å². The van der Waals surface area contributed by atoms with E-state index in [0.29, 0.717) is 18.8 Å². The van der Waals surface area contributed by atoms with Crippen molar-refractivity contribution in [3.8, 4) is 0 Å². The number of aliphatic carboxylic acids is 2. The van der Waals surface area contributed by atoms with Gasteiger partial charge in [0.2, 0.25) is 0 Å². The lowest BCUT2D eigenvalue weighted by Gasteiger charge is -1.97. The van der Waals surface area contributed by atoms with Crippen LogP contribution in [-0.4, -0.2) is 28.4 Å². The van der Waals surface area contributed by atoms with Crippen LogP contribution in [0.2, 0.25) is 0 Å². The van der Waals surface area contributed by atoms with Gasteiger partial charge in [-0.2, -0.15) is 0 Å². The third-order valence-electron chi connectivity index (χ3n) is 1.62. The van der Waals surface area contributed by atoms with Gasteiger partial charge in [-0.05, 0) is 12.5 Å². The molecule has 0 fully saturated rings. The van der Waals surface area contributed by atoms with Crippen LogP contribution >= 0.6 is 0 Å². The van der Waals surface area contributed by atoms with E-state index in [0.717, 1.165) is 5.56 Å². The molecule has 1 aromatic carbocycles. The van der Waals surface area contributed by atoms with Crippen LogP contribution in [0, 0.1) is 0 Å². The highest BCUT2D eigenvalue weighted by Crippen LogP contribution is 1.99. The summed E-state index contributed by atoms with van der Waals surface area (Å²) in [4.78, 5) is 24.0. The highest BCUT2D eigenvalue weighted by Gasteiger charge is 1.88. The van der Waals surface area contributed by atoms with E-state index in [-0.39, 0.29) is 0 Å². The van der Waals surface area contributed by atoms with Crippen LogP contribution in [0.15, 0.2) is 47.6 Å². The van der Waals surface area contributed by atoms with E-state index in [4.69, 9.17) is 15.1 Å². The van der Waals surface area contributed by atoms with Gasteiger partial charge in [-0.1, -0.05) is 35.5 Å². The molecular formula is C13H15NO5. The van der Waals surface area contributed by atoms with E-state index in [1.807, 2.05) is 37.3 Å². The van der Waals surface area contributed by atoms with Gasteiger partial charge < -0.3 is 15.1 Å². The molecule has 0 unspecified atom stereocenters. The zero-order valence-corrected chi connectivity index (χ0v) is 10.4. The van der Waals surface area contributed by atoms with Crippen molar-refractivity contribution in [2.45, 2.75) is 13.5 Å². The van der Waals surface area contributed by atoms with Gasteiger partial charge in [0.25, 0.3) is 0 Å². The molecule has 102 valence electrons. The molecule has 1 rings (SSSR count). The SMILES string of the molecule is C/C=N\OCc1ccccc1.O=C(O)/C=C\C(=O)O. The average molecular weight is 265 g/mol. The minimum atomic E-state index is -1.26. The molecular weight excluding hydrogens is 250 g/mol. The number of oxime groups is 1. The molecule has 0 aromatic heterocycles. The standard InChI is InChI=1S/C9H11NO.C4H4O4/c1-2-10-11-8-9-6-4-3-5-7-9;5-3(6)1-2-4(7)8/h2-7H,8H2,1H3;1-2H,(H,5,6)(H,7,8)/b10-2-;2-1-. The Kier molecular flexibility index (Phi) is 9.06. The molecule has 0 aliphatic heterocycles. The van der Waals surface area contributed by atoms with E-state index >= 15 is 0 Å². The van der Waals surface area contributed by atoms with Crippen LogP contribution < -0.4 is 0 Å². The molecule has 0 amide bonds. The number of carboxylic acid groups (broad SMARTS) is 2. The summed E-state index contributed by atoms with van der Waals surface area (Å²) in [6.07, 6.45) is 2.74. The minimum absolute atomic E-state index is 0.547. The number of rotatable bonds is 5. The highest BCUT2D eigenvalue weighted by atomic mass is 16.6. The van der Waals surface area contributed by atoms with Crippen molar-refractivity contribution in [1.82, 2.24) is 0 Å². The zero-order chi connectivity index (χ0) is 14.5. The average Bonchev–Trinajstić information content (AvgIpc) is 2.39. The first kappa shape index (κ1) is 16.4.